The van der Waals surface area contributed by atoms with E-state index in [1.165, 1.54) is 29.7 Å². The molecule has 1 fully saturated rings. The zero-order valence-corrected chi connectivity index (χ0v) is 13.3. The van der Waals surface area contributed by atoms with Crippen LogP contribution < -0.4 is 4.90 Å². The van der Waals surface area contributed by atoms with Gasteiger partial charge in [-0.2, -0.15) is 0 Å². The molecule has 1 aromatic carbocycles. The Hall–Kier alpha value is -2.15. The molecule has 2 N–H and O–H groups in total. The average Bonchev–Trinajstić information content (AvgIpc) is 2.63. The van der Waals surface area contributed by atoms with Crippen molar-refractivity contribution in [2.45, 2.75) is 31.4 Å². The Labute approximate surface area is 138 Å². The topological polar surface area (TPSA) is 37.6 Å². The molecule has 0 bridgehead atoms. The van der Waals surface area contributed by atoms with E-state index in [0.717, 1.165) is 18.7 Å². The van der Waals surface area contributed by atoms with Gasteiger partial charge in [-0.05, 0) is 30.4 Å². The first kappa shape index (κ1) is 15.7. The summed E-state index contributed by atoms with van der Waals surface area (Å²) in [5, 5.41) is 10.1. The van der Waals surface area contributed by atoms with Gasteiger partial charge in [-0.15, -0.1) is 0 Å². The zero-order chi connectivity index (χ0) is 15.9. The van der Waals surface area contributed by atoms with Gasteiger partial charge in [-0.3, -0.25) is 4.98 Å². The lowest BCUT2D eigenvalue weighted by atomic mass is 9.96. The molecule has 1 aliphatic heterocycles. The molecule has 0 spiro atoms. The minimum absolute atomic E-state index is 0.473. The number of pyridine rings is 1. The molecule has 0 radical (unpaired) electrons. The van der Waals surface area contributed by atoms with Crippen molar-refractivity contribution in [2.75, 3.05) is 13.1 Å². The fourth-order valence-corrected chi connectivity index (χ4v) is 3.25. The van der Waals surface area contributed by atoms with Gasteiger partial charge in [0.05, 0.1) is 6.54 Å². The van der Waals surface area contributed by atoms with Gasteiger partial charge >= 0.3 is 0 Å². The Bertz CT molecular complexity index is 660. The lowest BCUT2D eigenvalue weighted by molar-refractivity contribution is -0.930. The number of nitrogens with one attached hydrogen (secondary N) is 1. The molecule has 1 aliphatic rings. The van der Waals surface area contributed by atoms with Crippen molar-refractivity contribution in [3.05, 3.63) is 66.0 Å². The van der Waals surface area contributed by atoms with Crippen LogP contribution in [0.2, 0.25) is 0 Å². The van der Waals surface area contributed by atoms with E-state index in [9.17, 15) is 5.11 Å². The molecule has 3 nitrogen and oxygen atoms in total. The third kappa shape index (κ3) is 4.19. The Balaban J connectivity index is 1.65. The third-order valence-corrected chi connectivity index (χ3v) is 4.49. The van der Waals surface area contributed by atoms with Crippen LogP contribution >= 0.6 is 0 Å². The molecule has 23 heavy (non-hydrogen) atoms. The molecule has 2 heterocycles. The van der Waals surface area contributed by atoms with E-state index < -0.39 is 6.10 Å². The highest BCUT2D eigenvalue weighted by molar-refractivity contribution is 5.24. The number of rotatable bonds is 3. The number of hydrogen-bond acceptors (Lipinski definition) is 2. The summed E-state index contributed by atoms with van der Waals surface area (Å²) in [6.45, 7) is 1.90. The molecule has 3 rings (SSSR count). The molecule has 1 saturated heterocycles. The molecular weight excluding hydrogens is 284 g/mol. The smallest absolute Gasteiger partial charge is 0.140 e. The summed E-state index contributed by atoms with van der Waals surface area (Å²) in [7, 11) is 0. The Kier molecular flexibility index (Phi) is 5.42. The van der Waals surface area contributed by atoms with E-state index >= 15 is 0 Å². The first-order valence-electron chi connectivity index (χ1n) is 8.30. The number of aliphatic hydroxyl groups excluding tert-OH is 1. The van der Waals surface area contributed by atoms with E-state index in [2.05, 4.69) is 22.9 Å². The predicted molar refractivity (Wildman–Crippen MR) is 90.7 cm³/mol. The largest absolute Gasteiger partial charge is 0.376 e. The van der Waals surface area contributed by atoms with Crippen LogP contribution in [-0.4, -0.2) is 23.2 Å². The van der Waals surface area contributed by atoms with Gasteiger partial charge in [-0.1, -0.05) is 42.3 Å². The quantitative estimate of drug-likeness (QED) is 0.850. The number of piperidine rings is 1. The van der Waals surface area contributed by atoms with Crippen LogP contribution in [0.5, 0.6) is 0 Å². The van der Waals surface area contributed by atoms with Crippen LogP contribution in [0.3, 0.4) is 0 Å². The monoisotopic (exact) mass is 307 g/mol. The van der Waals surface area contributed by atoms with Gasteiger partial charge in [0.15, 0.2) is 0 Å². The van der Waals surface area contributed by atoms with Crippen molar-refractivity contribution >= 4 is 0 Å². The number of benzene rings is 1. The van der Waals surface area contributed by atoms with Crippen molar-refractivity contribution in [3.8, 4) is 11.8 Å². The lowest BCUT2D eigenvalue weighted by Gasteiger charge is -2.31. The maximum absolute atomic E-state index is 10.1. The number of hydrogen-bond donors (Lipinski definition) is 2. The summed E-state index contributed by atoms with van der Waals surface area (Å²) in [6.07, 6.45) is 6.80. The average molecular weight is 307 g/mol. The van der Waals surface area contributed by atoms with Gasteiger partial charge in [0, 0.05) is 24.4 Å². The highest BCUT2D eigenvalue weighted by Crippen LogP contribution is 2.18. The van der Waals surface area contributed by atoms with Crippen LogP contribution in [0, 0.1) is 11.8 Å². The van der Waals surface area contributed by atoms with E-state index in [4.69, 9.17) is 0 Å². The molecule has 1 unspecified atom stereocenters. The van der Waals surface area contributed by atoms with Crippen LogP contribution in [0.25, 0.3) is 0 Å². The normalized spacial score (nSPS) is 22.0. The summed E-state index contributed by atoms with van der Waals surface area (Å²) in [4.78, 5) is 5.74. The molecule has 0 saturated carbocycles. The molecule has 118 valence electrons. The van der Waals surface area contributed by atoms with E-state index in [0.29, 0.717) is 6.04 Å². The van der Waals surface area contributed by atoms with Crippen LogP contribution in [0.4, 0.5) is 0 Å². The fourth-order valence-electron chi connectivity index (χ4n) is 3.25. The molecule has 0 amide bonds. The minimum Gasteiger partial charge on any atom is -0.376 e. The van der Waals surface area contributed by atoms with E-state index in [-0.39, 0.29) is 0 Å². The second-order valence-corrected chi connectivity index (χ2v) is 6.05. The van der Waals surface area contributed by atoms with Crippen molar-refractivity contribution in [1.82, 2.24) is 4.98 Å². The summed E-state index contributed by atoms with van der Waals surface area (Å²) in [5.74, 6) is 6.18. The summed E-state index contributed by atoms with van der Waals surface area (Å²) in [5.41, 5.74) is 2.16. The zero-order valence-electron chi connectivity index (χ0n) is 13.3. The van der Waals surface area contributed by atoms with Gasteiger partial charge in [0.1, 0.15) is 18.7 Å². The number of aliphatic hydroxyl groups is 1. The number of quaternary nitrogens is 1. The Morgan fingerprint density at radius 1 is 1.17 bits per heavy atom. The third-order valence-electron chi connectivity index (χ3n) is 4.49. The summed E-state index contributed by atoms with van der Waals surface area (Å²) in [6, 6.07) is 14.3. The van der Waals surface area contributed by atoms with Crippen LogP contribution in [0.1, 0.15) is 42.5 Å². The molecule has 2 aromatic rings. The van der Waals surface area contributed by atoms with Gasteiger partial charge < -0.3 is 10.0 Å². The Morgan fingerprint density at radius 2 is 2.04 bits per heavy atom. The van der Waals surface area contributed by atoms with Gasteiger partial charge in [0.25, 0.3) is 0 Å². The van der Waals surface area contributed by atoms with Gasteiger partial charge in [-0.25, -0.2) is 0 Å². The fraction of sp³-hybridized carbons (Fsp3) is 0.350. The number of aromatic nitrogens is 1. The number of likely N-dealkylation sites (tertiary alicyclic amines) is 1. The molecular formula is C20H23N2O+. The standard InChI is InChI=1S/C20H22N2O/c23-20(17-8-2-1-3-9-17)12-7-15-22-14-5-4-11-19(22)18-10-6-13-21-16-18/h1-3,6,8-10,13,16,19-20,23H,4-5,11,14-15H2/p+1/t19-,20-/m1/s1. The van der Waals surface area contributed by atoms with E-state index in [1.807, 2.05) is 48.8 Å². The second-order valence-electron chi connectivity index (χ2n) is 6.05. The second kappa shape index (κ2) is 7.92. The SMILES string of the molecule is O[C@H](C#CC[NH+]1CCCC[C@@H]1c1cccnc1)c1ccccc1. The molecule has 0 aliphatic carbocycles. The van der Waals surface area contributed by atoms with Crippen LogP contribution in [0.15, 0.2) is 54.9 Å². The first-order valence-corrected chi connectivity index (χ1v) is 8.30. The van der Waals surface area contributed by atoms with Crippen molar-refractivity contribution < 1.29 is 10.0 Å². The molecule has 1 aromatic heterocycles. The van der Waals surface area contributed by atoms with E-state index in [1.54, 1.807) is 0 Å². The predicted octanol–water partition coefficient (Wildman–Crippen LogP) is 1.93. The molecule has 3 heteroatoms. The highest BCUT2D eigenvalue weighted by atomic mass is 16.3. The van der Waals surface area contributed by atoms with Crippen LogP contribution in [-0.2, 0) is 0 Å². The summed E-state index contributed by atoms with van der Waals surface area (Å²) < 4.78 is 0. The summed E-state index contributed by atoms with van der Waals surface area (Å²) >= 11 is 0. The van der Waals surface area contributed by atoms with Crippen molar-refractivity contribution in [3.63, 3.8) is 0 Å². The van der Waals surface area contributed by atoms with Gasteiger partial charge in [0.2, 0.25) is 0 Å². The maximum Gasteiger partial charge on any atom is 0.140 e. The van der Waals surface area contributed by atoms with Crippen molar-refractivity contribution in [2.24, 2.45) is 0 Å². The molecule has 3 atom stereocenters. The highest BCUT2D eigenvalue weighted by Gasteiger charge is 2.26. The Morgan fingerprint density at radius 3 is 2.83 bits per heavy atom. The number of nitrogens with zero attached hydrogens (tertiary/aromatic N) is 1. The van der Waals surface area contributed by atoms with Crippen molar-refractivity contribution in [1.29, 1.82) is 0 Å². The minimum atomic E-state index is -0.697. The first-order chi connectivity index (χ1) is 11.3. The lowest BCUT2D eigenvalue weighted by Crippen LogP contribution is -3.13. The maximum atomic E-state index is 10.1.